The van der Waals surface area contributed by atoms with E-state index in [-0.39, 0.29) is 5.91 Å². The molecule has 18 heavy (non-hydrogen) atoms. The van der Waals surface area contributed by atoms with Crippen molar-refractivity contribution in [3.05, 3.63) is 23.9 Å². The first-order valence-corrected chi connectivity index (χ1v) is 6.76. The van der Waals surface area contributed by atoms with E-state index in [1.807, 2.05) is 0 Å². The van der Waals surface area contributed by atoms with Gasteiger partial charge < -0.3 is 11.1 Å². The molecule has 0 unspecified atom stereocenters. The SMILES string of the molecule is Nc1cc(C(=O)N[C@@H]2CC[C@H]3CCC[C@H]32)ccn1. The molecular weight excluding hydrogens is 226 g/mol. The summed E-state index contributed by atoms with van der Waals surface area (Å²) < 4.78 is 0. The van der Waals surface area contributed by atoms with Gasteiger partial charge in [0.15, 0.2) is 0 Å². The number of anilines is 1. The van der Waals surface area contributed by atoms with Crippen molar-refractivity contribution in [2.75, 3.05) is 5.73 Å². The number of hydrogen-bond acceptors (Lipinski definition) is 3. The zero-order valence-corrected chi connectivity index (χ0v) is 10.4. The molecule has 2 aliphatic carbocycles. The summed E-state index contributed by atoms with van der Waals surface area (Å²) in [6.07, 6.45) is 7.92. The standard InChI is InChI=1S/C14H19N3O/c15-13-8-10(6-7-16-13)14(18)17-12-5-4-9-2-1-3-11(9)12/h6-9,11-12H,1-5H2,(H2,15,16)(H,17,18)/t9-,11-,12-/m1/s1. The van der Waals surface area contributed by atoms with Crippen molar-refractivity contribution < 1.29 is 4.79 Å². The largest absolute Gasteiger partial charge is 0.384 e. The smallest absolute Gasteiger partial charge is 0.251 e. The zero-order valence-electron chi connectivity index (χ0n) is 10.4. The van der Waals surface area contributed by atoms with Gasteiger partial charge in [-0.2, -0.15) is 0 Å². The Balaban J connectivity index is 1.68. The number of hydrogen-bond donors (Lipinski definition) is 2. The minimum Gasteiger partial charge on any atom is -0.384 e. The quantitative estimate of drug-likeness (QED) is 0.837. The highest BCUT2D eigenvalue weighted by Gasteiger charge is 2.39. The van der Waals surface area contributed by atoms with Crippen LogP contribution in [0.2, 0.25) is 0 Å². The molecule has 3 rings (SSSR count). The van der Waals surface area contributed by atoms with Crippen molar-refractivity contribution in [2.45, 2.75) is 38.1 Å². The summed E-state index contributed by atoms with van der Waals surface area (Å²) in [5, 5.41) is 3.17. The summed E-state index contributed by atoms with van der Waals surface area (Å²) in [5.74, 6) is 1.93. The predicted molar refractivity (Wildman–Crippen MR) is 70.0 cm³/mol. The lowest BCUT2D eigenvalue weighted by atomic mass is 9.97. The number of carbonyl (C=O) groups is 1. The number of nitrogen functional groups attached to an aromatic ring is 1. The molecule has 1 amide bonds. The molecule has 0 saturated heterocycles. The number of amides is 1. The van der Waals surface area contributed by atoms with Crippen LogP contribution in [0.4, 0.5) is 5.82 Å². The van der Waals surface area contributed by atoms with Crippen molar-refractivity contribution in [3.63, 3.8) is 0 Å². The fourth-order valence-corrected chi connectivity index (χ4v) is 3.58. The lowest BCUT2D eigenvalue weighted by Gasteiger charge is -2.20. The maximum Gasteiger partial charge on any atom is 0.251 e. The van der Waals surface area contributed by atoms with E-state index in [0.29, 0.717) is 23.3 Å². The van der Waals surface area contributed by atoms with Gasteiger partial charge in [-0.25, -0.2) is 4.98 Å². The molecule has 1 heterocycles. The highest BCUT2D eigenvalue weighted by Crippen LogP contribution is 2.43. The van der Waals surface area contributed by atoms with Crippen molar-refractivity contribution in [1.29, 1.82) is 0 Å². The van der Waals surface area contributed by atoms with Gasteiger partial charge in [0.25, 0.3) is 5.91 Å². The van der Waals surface area contributed by atoms with Crippen molar-refractivity contribution in [1.82, 2.24) is 10.3 Å². The van der Waals surface area contributed by atoms with Gasteiger partial charge in [-0.15, -0.1) is 0 Å². The molecule has 0 radical (unpaired) electrons. The summed E-state index contributed by atoms with van der Waals surface area (Å²) in [5.41, 5.74) is 6.21. The number of fused-ring (bicyclic) bond motifs is 1. The maximum absolute atomic E-state index is 12.1. The van der Waals surface area contributed by atoms with E-state index in [4.69, 9.17) is 5.73 Å². The molecule has 0 aliphatic heterocycles. The van der Waals surface area contributed by atoms with Crippen molar-refractivity contribution >= 4 is 11.7 Å². The molecule has 4 heteroatoms. The average Bonchev–Trinajstić information content (AvgIpc) is 2.94. The van der Waals surface area contributed by atoms with E-state index in [0.717, 1.165) is 12.3 Å². The number of nitrogens with one attached hydrogen (secondary N) is 1. The topological polar surface area (TPSA) is 68.0 Å². The Morgan fingerprint density at radius 2 is 2.22 bits per heavy atom. The third-order valence-corrected chi connectivity index (χ3v) is 4.44. The number of nitrogens with zero attached hydrogens (tertiary/aromatic N) is 1. The lowest BCUT2D eigenvalue weighted by Crippen LogP contribution is -2.37. The summed E-state index contributed by atoms with van der Waals surface area (Å²) in [6, 6.07) is 3.71. The third kappa shape index (κ3) is 2.07. The van der Waals surface area contributed by atoms with E-state index in [1.165, 1.54) is 25.7 Å². The molecule has 0 spiro atoms. The molecule has 2 aliphatic rings. The minimum absolute atomic E-state index is 0.0124. The molecule has 1 aromatic heterocycles. The summed E-state index contributed by atoms with van der Waals surface area (Å²) in [7, 11) is 0. The number of rotatable bonds is 2. The number of nitrogens with two attached hydrogens (primary N) is 1. The van der Waals surface area contributed by atoms with Crippen LogP contribution in [0.15, 0.2) is 18.3 Å². The second-order valence-electron chi connectivity index (χ2n) is 5.48. The lowest BCUT2D eigenvalue weighted by molar-refractivity contribution is 0.0926. The summed E-state index contributed by atoms with van der Waals surface area (Å²) in [6.45, 7) is 0. The molecule has 4 nitrogen and oxygen atoms in total. The highest BCUT2D eigenvalue weighted by atomic mass is 16.1. The van der Waals surface area contributed by atoms with E-state index in [9.17, 15) is 4.79 Å². The van der Waals surface area contributed by atoms with E-state index < -0.39 is 0 Å². The summed E-state index contributed by atoms with van der Waals surface area (Å²) >= 11 is 0. The Morgan fingerprint density at radius 1 is 1.33 bits per heavy atom. The van der Waals surface area contributed by atoms with Crippen LogP contribution in [0.3, 0.4) is 0 Å². The molecule has 96 valence electrons. The van der Waals surface area contributed by atoms with Gasteiger partial charge in [0, 0.05) is 17.8 Å². The van der Waals surface area contributed by atoms with Gasteiger partial charge in [-0.05, 0) is 43.2 Å². The fourth-order valence-electron chi connectivity index (χ4n) is 3.58. The molecule has 2 saturated carbocycles. The number of pyridine rings is 1. The number of aromatic nitrogens is 1. The van der Waals surface area contributed by atoms with Crippen LogP contribution in [0.1, 0.15) is 42.5 Å². The minimum atomic E-state index is -0.0124. The van der Waals surface area contributed by atoms with Gasteiger partial charge in [0.1, 0.15) is 5.82 Å². The Hall–Kier alpha value is -1.58. The molecule has 3 atom stereocenters. The van der Waals surface area contributed by atoms with Gasteiger partial charge in [-0.1, -0.05) is 12.8 Å². The predicted octanol–water partition coefficient (Wildman–Crippen LogP) is 1.97. The van der Waals surface area contributed by atoms with Gasteiger partial charge >= 0.3 is 0 Å². The van der Waals surface area contributed by atoms with Crippen molar-refractivity contribution in [3.8, 4) is 0 Å². The third-order valence-electron chi connectivity index (χ3n) is 4.44. The Morgan fingerprint density at radius 3 is 3.06 bits per heavy atom. The highest BCUT2D eigenvalue weighted by molar-refractivity contribution is 5.94. The first kappa shape index (κ1) is 11.5. The first-order chi connectivity index (χ1) is 8.74. The molecule has 3 N–H and O–H groups in total. The van der Waals surface area contributed by atoms with Crippen LogP contribution in [0.25, 0.3) is 0 Å². The summed E-state index contributed by atoms with van der Waals surface area (Å²) in [4.78, 5) is 16.1. The average molecular weight is 245 g/mol. The fraction of sp³-hybridized carbons (Fsp3) is 0.571. The first-order valence-electron chi connectivity index (χ1n) is 6.76. The maximum atomic E-state index is 12.1. The van der Waals surface area contributed by atoms with Crippen LogP contribution in [0, 0.1) is 11.8 Å². The van der Waals surface area contributed by atoms with Crippen LogP contribution >= 0.6 is 0 Å². The van der Waals surface area contributed by atoms with Crippen LogP contribution in [-0.4, -0.2) is 16.9 Å². The normalized spacial score (nSPS) is 30.1. The van der Waals surface area contributed by atoms with Crippen LogP contribution < -0.4 is 11.1 Å². The molecule has 0 aromatic carbocycles. The van der Waals surface area contributed by atoms with Gasteiger partial charge in [-0.3, -0.25) is 4.79 Å². The molecule has 1 aromatic rings. The van der Waals surface area contributed by atoms with E-state index in [2.05, 4.69) is 10.3 Å². The molecular formula is C14H19N3O. The Kier molecular flexibility index (Phi) is 2.94. The van der Waals surface area contributed by atoms with Gasteiger partial charge in [0.05, 0.1) is 0 Å². The van der Waals surface area contributed by atoms with Crippen molar-refractivity contribution in [2.24, 2.45) is 11.8 Å². The Bertz CT molecular complexity index is 460. The van der Waals surface area contributed by atoms with Crippen LogP contribution in [0.5, 0.6) is 0 Å². The second-order valence-corrected chi connectivity index (χ2v) is 5.48. The Labute approximate surface area is 107 Å². The van der Waals surface area contributed by atoms with Crippen LogP contribution in [-0.2, 0) is 0 Å². The molecule has 2 fully saturated rings. The monoisotopic (exact) mass is 245 g/mol. The zero-order chi connectivity index (χ0) is 12.5. The number of carbonyl (C=O) groups excluding carboxylic acids is 1. The molecule has 0 bridgehead atoms. The van der Waals surface area contributed by atoms with E-state index in [1.54, 1.807) is 18.3 Å². The van der Waals surface area contributed by atoms with E-state index >= 15 is 0 Å². The second kappa shape index (κ2) is 4.59. The van der Waals surface area contributed by atoms with Gasteiger partial charge in [0.2, 0.25) is 0 Å².